The van der Waals surface area contributed by atoms with Crippen molar-refractivity contribution in [2.24, 2.45) is 11.8 Å². The Balaban J connectivity index is 0.000000206. The van der Waals surface area contributed by atoms with Crippen LogP contribution in [0.4, 0.5) is 0 Å². The van der Waals surface area contributed by atoms with Gasteiger partial charge in [-0.25, -0.2) is 0 Å². The van der Waals surface area contributed by atoms with Crippen molar-refractivity contribution < 1.29 is 19.2 Å². The number of fused-ring (bicyclic) bond motifs is 8. The molecule has 7 aromatic rings. The van der Waals surface area contributed by atoms with E-state index in [-0.39, 0.29) is 23.6 Å². The Hall–Kier alpha value is -3.87. The minimum absolute atomic E-state index is 0.0436. The van der Waals surface area contributed by atoms with Gasteiger partial charge in [0, 0.05) is 61.9 Å². The molecule has 0 bridgehead atoms. The van der Waals surface area contributed by atoms with E-state index >= 15 is 0 Å². The Morgan fingerprint density at radius 3 is 1.25 bits per heavy atom. The first-order valence-electron chi connectivity index (χ1n) is 41.2. The lowest BCUT2D eigenvalue weighted by molar-refractivity contribution is 0.0636. The maximum absolute atomic E-state index is 14.2. The van der Waals surface area contributed by atoms with Crippen molar-refractivity contribution in [3.05, 3.63) is 95.9 Å². The number of rotatable bonds is 41. The van der Waals surface area contributed by atoms with Gasteiger partial charge in [-0.1, -0.05) is 278 Å². The summed E-state index contributed by atoms with van der Waals surface area (Å²) in [6.45, 7) is 26.1. The molecule has 1 aromatic carbocycles. The number of hydrogen-bond acceptors (Lipinski definition) is 10. The molecule has 6 aromatic heterocycles. The van der Waals surface area contributed by atoms with Gasteiger partial charge in [0.15, 0.2) is 8.07 Å². The van der Waals surface area contributed by atoms with Crippen molar-refractivity contribution in [1.82, 2.24) is 9.80 Å². The molecule has 1 saturated carbocycles. The van der Waals surface area contributed by atoms with Gasteiger partial charge < -0.3 is 0 Å². The molecule has 4 amide bonds. The zero-order chi connectivity index (χ0) is 72.1. The highest BCUT2D eigenvalue weighted by atomic mass is 32.1. The van der Waals surface area contributed by atoms with Crippen LogP contribution in [0, 0.1) is 39.5 Å². The topological polar surface area (TPSA) is 74.8 Å². The minimum Gasteiger partial charge on any atom is -0.274 e. The second-order valence-corrected chi connectivity index (χ2v) is 46.7. The quantitative estimate of drug-likeness (QED) is 0.0217. The van der Waals surface area contributed by atoms with E-state index in [0.29, 0.717) is 41.3 Å². The molecule has 0 saturated heterocycles. The molecule has 5 aliphatic rings. The van der Waals surface area contributed by atoms with Crippen molar-refractivity contribution in [3.8, 4) is 39.0 Å². The van der Waals surface area contributed by atoms with Crippen LogP contribution in [0.2, 0.25) is 17.6 Å². The highest BCUT2D eigenvalue weighted by molar-refractivity contribution is 7.34. The van der Waals surface area contributed by atoms with E-state index in [9.17, 15) is 19.2 Å². The minimum atomic E-state index is -2.37. The predicted molar refractivity (Wildman–Crippen MR) is 453 cm³/mol. The van der Waals surface area contributed by atoms with Crippen molar-refractivity contribution in [2.45, 2.75) is 325 Å². The SMILES string of the molecule is CCCCCCCCCCCCN1C(=O)c2c(C)sc(-c3cc4c(s3)-c3sc(C)cc3[Si]4(CC(CC)CCCC)C3CCCCC3)c2C1=O.CCCCCCCCCCCCN1C(=O)c2c(C)sc(-c3cc4c(s3)-c3sc(C)cc3[Si]4(CC(CC)CCCC)c3ccc(CCCC)cc3)c2C1=O. The first-order valence-corrected chi connectivity index (χ1v) is 50.6. The lowest BCUT2D eigenvalue weighted by Gasteiger charge is -2.41. The Morgan fingerprint density at radius 1 is 0.392 bits per heavy atom. The number of carbonyl (C=O) groups excluding carboxylic acids is 4. The molecule has 0 spiro atoms. The number of hydrogen-bond donors (Lipinski definition) is 0. The Bertz CT molecular complexity index is 3940. The first-order chi connectivity index (χ1) is 49.6. The highest BCUT2D eigenvalue weighted by Crippen LogP contribution is 2.54. The van der Waals surface area contributed by atoms with E-state index < -0.39 is 16.1 Å². The largest absolute Gasteiger partial charge is 0.274 e. The zero-order valence-corrected chi connectivity index (χ0v) is 71.5. The second kappa shape index (κ2) is 37.3. The number of benzene rings is 1. The molecule has 1 fully saturated rings. The van der Waals surface area contributed by atoms with E-state index in [1.54, 1.807) is 58.1 Å². The van der Waals surface area contributed by atoms with Crippen molar-refractivity contribution in [3.63, 3.8) is 0 Å². The van der Waals surface area contributed by atoms with Gasteiger partial charge in [-0.15, -0.1) is 68.0 Å². The summed E-state index contributed by atoms with van der Waals surface area (Å²) in [5.74, 6) is 1.22. The summed E-state index contributed by atoms with van der Waals surface area (Å²) in [5, 5.41) is 8.15. The Kier molecular flexibility index (Phi) is 29.0. The zero-order valence-electron chi connectivity index (χ0n) is 64.6. The molecule has 102 heavy (non-hydrogen) atoms. The fourth-order valence-corrected chi connectivity index (χ4v) is 41.0. The molecule has 14 heteroatoms. The predicted octanol–water partition coefficient (Wildman–Crippen LogP) is 25.4. The van der Waals surface area contributed by atoms with Crippen LogP contribution in [-0.4, -0.2) is 62.7 Å². The summed E-state index contributed by atoms with van der Waals surface area (Å²) in [5.41, 5.74) is 5.00. The van der Waals surface area contributed by atoms with Crippen LogP contribution in [0.5, 0.6) is 0 Å². The molecule has 12 rings (SSSR count). The third kappa shape index (κ3) is 16.7. The smallest absolute Gasteiger partial charge is 0.263 e. The molecule has 4 aliphatic heterocycles. The van der Waals surface area contributed by atoms with Gasteiger partial charge >= 0.3 is 0 Å². The third-order valence-electron chi connectivity index (χ3n) is 24.3. The van der Waals surface area contributed by atoms with E-state index in [4.69, 9.17) is 0 Å². The van der Waals surface area contributed by atoms with Gasteiger partial charge in [-0.3, -0.25) is 29.0 Å². The molecule has 554 valence electrons. The van der Waals surface area contributed by atoms with Gasteiger partial charge in [0.1, 0.15) is 8.07 Å². The number of carbonyl (C=O) groups is 4. The van der Waals surface area contributed by atoms with E-state index in [2.05, 4.69) is 118 Å². The maximum atomic E-state index is 14.2. The number of thiophene rings is 6. The van der Waals surface area contributed by atoms with E-state index in [1.807, 2.05) is 52.3 Å². The van der Waals surface area contributed by atoms with Gasteiger partial charge in [-0.05, 0) is 139 Å². The lowest BCUT2D eigenvalue weighted by atomic mass is 10.00. The molecule has 10 heterocycles. The van der Waals surface area contributed by atoms with Gasteiger partial charge in [0.05, 0.1) is 32.0 Å². The summed E-state index contributed by atoms with van der Waals surface area (Å²) >= 11 is 11.2. The first kappa shape index (κ1) is 79.2. The van der Waals surface area contributed by atoms with Gasteiger partial charge in [-0.2, -0.15) is 0 Å². The second-order valence-electron chi connectivity index (χ2n) is 31.5. The van der Waals surface area contributed by atoms with Crippen LogP contribution in [0.25, 0.3) is 39.0 Å². The molecule has 0 N–H and O–H groups in total. The maximum Gasteiger partial charge on any atom is 0.263 e. The Morgan fingerprint density at radius 2 is 0.775 bits per heavy atom. The highest BCUT2D eigenvalue weighted by Gasteiger charge is 2.55. The van der Waals surface area contributed by atoms with Crippen LogP contribution in [-0.2, 0) is 6.42 Å². The Labute approximate surface area is 642 Å². The molecule has 0 radical (unpaired) electrons. The van der Waals surface area contributed by atoms with E-state index in [1.165, 1.54) is 256 Å². The monoisotopic (exact) mass is 1520 g/mol. The number of imide groups is 2. The fourth-order valence-electron chi connectivity index (χ4n) is 18.5. The summed E-state index contributed by atoms with van der Waals surface area (Å²) in [4.78, 5) is 74.3. The fraction of sp³-hybridized carbons (Fsp3) is 0.614. The van der Waals surface area contributed by atoms with Crippen LogP contribution >= 0.6 is 68.0 Å². The third-order valence-corrected chi connectivity index (χ3v) is 43.3. The van der Waals surface area contributed by atoms with Crippen molar-refractivity contribution in [1.29, 1.82) is 0 Å². The summed E-state index contributed by atoms with van der Waals surface area (Å²) in [6.07, 6.45) is 45.6. The summed E-state index contributed by atoms with van der Waals surface area (Å²) in [6, 6.07) is 22.7. The number of amides is 4. The molecule has 4 atom stereocenters. The van der Waals surface area contributed by atoms with Crippen molar-refractivity contribution >= 4 is 134 Å². The van der Waals surface area contributed by atoms with Gasteiger partial charge in [0.25, 0.3) is 23.6 Å². The van der Waals surface area contributed by atoms with Crippen LogP contribution in [0.1, 0.15) is 340 Å². The molecular formula is C88H124N2O4S6Si2. The average molecular weight is 1520 g/mol. The lowest BCUT2D eigenvalue weighted by Crippen LogP contribution is -2.65. The normalized spacial score (nSPS) is 18.1. The van der Waals surface area contributed by atoms with E-state index in [0.717, 1.165) is 63.1 Å². The number of aryl methyl sites for hydroxylation is 5. The van der Waals surface area contributed by atoms with Crippen LogP contribution in [0.15, 0.2) is 48.5 Å². The molecule has 4 unspecified atom stereocenters. The number of unbranched alkanes of at least 4 members (excludes halogenated alkanes) is 21. The van der Waals surface area contributed by atoms with Crippen molar-refractivity contribution in [2.75, 3.05) is 13.1 Å². The summed E-state index contributed by atoms with van der Waals surface area (Å²) in [7, 11) is -4.41. The standard InChI is InChI=1S/C46H63NO2S3Si.C42H61NO2S3Si/c1-7-11-14-15-16-17-18-19-20-21-28-47-45(48)40-33(6)51-42(41(40)46(47)49)37-30-39-44(52-37)43-38(29-32(5)50-43)53(39,31-34(10-4)22-12-8-2)36-26-24-35(25-27-36)23-13-9-3;1-6-9-11-12-13-14-15-16-17-21-25-43-41(44)36-30(5)47-38(37(36)42(43)45)33-27-35-40(48-33)39-34(26-29(4)46-39)49(35,32-23-19-18-20-24-32)28-31(8-3)22-10-7-2/h24-27,29-30,34H,7-23,28,31H2,1-6H3;26-27,31-32H,6-25,28H2,1-5H3. The molecule has 1 aliphatic carbocycles. The number of nitrogens with zero attached hydrogens (tertiary/aromatic N) is 2. The summed E-state index contributed by atoms with van der Waals surface area (Å²) < 4.78 is 0. The van der Waals surface area contributed by atoms with Gasteiger partial charge in [0.2, 0.25) is 0 Å². The molecule has 6 nitrogen and oxygen atoms in total. The van der Waals surface area contributed by atoms with Crippen LogP contribution in [0.3, 0.4) is 0 Å². The molecular weight excluding hydrogens is 1400 g/mol. The van der Waals surface area contributed by atoms with Crippen LogP contribution < -0.4 is 25.9 Å². The average Bonchev–Trinajstić information content (AvgIpc) is 1.53.